The first-order valence-corrected chi connectivity index (χ1v) is 9.81. The zero-order valence-electron chi connectivity index (χ0n) is 14.1. The van der Waals surface area contributed by atoms with Crippen LogP contribution in [0.15, 0.2) is 72.8 Å². The number of hydrogen-bond donors (Lipinski definition) is 0. The van der Waals surface area contributed by atoms with Crippen LogP contribution in [0.3, 0.4) is 0 Å². The molecule has 1 aliphatic rings. The minimum atomic E-state index is 0.153. The van der Waals surface area contributed by atoms with Gasteiger partial charge in [-0.25, -0.2) is 0 Å². The van der Waals surface area contributed by atoms with Gasteiger partial charge >= 0.3 is 0 Å². The van der Waals surface area contributed by atoms with Gasteiger partial charge in [-0.2, -0.15) is 11.8 Å². The molecule has 4 rings (SSSR count). The fraction of sp³-hybridized carbons (Fsp3) is 0.227. The summed E-state index contributed by atoms with van der Waals surface area (Å²) in [5.74, 6) is 1.14. The van der Waals surface area contributed by atoms with E-state index in [9.17, 15) is 4.79 Å². The second-order valence-electron chi connectivity index (χ2n) is 6.41. The number of fused-ring (bicyclic) bond motifs is 1. The van der Waals surface area contributed by atoms with Gasteiger partial charge in [0.15, 0.2) is 0 Å². The summed E-state index contributed by atoms with van der Waals surface area (Å²) in [5, 5.41) is 2.78. The molecule has 1 heterocycles. The summed E-state index contributed by atoms with van der Waals surface area (Å²) in [4.78, 5) is 15.0. The predicted octanol–water partition coefficient (Wildman–Crippen LogP) is 5.16. The van der Waals surface area contributed by atoms with E-state index in [0.29, 0.717) is 5.25 Å². The van der Waals surface area contributed by atoms with Gasteiger partial charge in [-0.15, -0.1) is 0 Å². The van der Waals surface area contributed by atoms with Crippen molar-refractivity contribution in [2.24, 2.45) is 0 Å². The van der Waals surface area contributed by atoms with E-state index in [1.54, 1.807) is 0 Å². The Morgan fingerprint density at radius 1 is 0.880 bits per heavy atom. The largest absolute Gasteiger partial charge is 0.338 e. The molecule has 1 unspecified atom stereocenters. The Labute approximate surface area is 152 Å². The van der Waals surface area contributed by atoms with Crippen molar-refractivity contribution in [1.82, 2.24) is 4.90 Å². The van der Waals surface area contributed by atoms with Crippen LogP contribution in [0.25, 0.3) is 10.8 Å². The fourth-order valence-electron chi connectivity index (χ4n) is 3.41. The van der Waals surface area contributed by atoms with E-state index in [2.05, 4.69) is 42.5 Å². The average molecular weight is 347 g/mol. The molecule has 25 heavy (non-hydrogen) atoms. The fourth-order valence-corrected chi connectivity index (χ4v) is 4.64. The molecule has 1 aliphatic heterocycles. The Morgan fingerprint density at radius 2 is 1.64 bits per heavy atom. The lowest BCUT2D eigenvalue weighted by Gasteiger charge is -2.20. The summed E-state index contributed by atoms with van der Waals surface area (Å²) in [6.07, 6.45) is 1.01. The maximum absolute atomic E-state index is 13.0. The van der Waals surface area contributed by atoms with Gasteiger partial charge in [0, 0.05) is 29.7 Å². The predicted molar refractivity (Wildman–Crippen MR) is 106 cm³/mol. The monoisotopic (exact) mass is 347 g/mol. The molecule has 0 radical (unpaired) electrons. The number of benzene rings is 3. The number of carbonyl (C=O) groups is 1. The van der Waals surface area contributed by atoms with Gasteiger partial charge in [-0.1, -0.05) is 60.7 Å². The standard InChI is InChI=1S/C22H21NOS/c24-22(20-11-10-17-6-4-5-9-19(17)16-20)23-13-12-21(25-15-14-23)18-7-2-1-3-8-18/h1-11,16,21H,12-15H2. The smallest absolute Gasteiger partial charge is 0.253 e. The molecule has 3 aromatic carbocycles. The Morgan fingerprint density at radius 3 is 2.48 bits per heavy atom. The zero-order valence-corrected chi connectivity index (χ0v) is 14.9. The first-order valence-electron chi connectivity index (χ1n) is 8.76. The van der Waals surface area contributed by atoms with Gasteiger partial charge in [0.1, 0.15) is 0 Å². The van der Waals surface area contributed by atoms with Crippen molar-refractivity contribution in [1.29, 1.82) is 0 Å². The van der Waals surface area contributed by atoms with Crippen molar-refractivity contribution in [3.05, 3.63) is 83.9 Å². The molecule has 1 atom stereocenters. The third-order valence-electron chi connectivity index (χ3n) is 4.80. The topological polar surface area (TPSA) is 20.3 Å². The van der Waals surface area contributed by atoms with Crippen LogP contribution in [0.2, 0.25) is 0 Å². The Hall–Kier alpha value is -2.26. The summed E-state index contributed by atoms with van der Waals surface area (Å²) < 4.78 is 0. The molecule has 126 valence electrons. The minimum Gasteiger partial charge on any atom is -0.338 e. The normalized spacial score (nSPS) is 18.1. The summed E-state index contributed by atoms with van der Waals surface area (Å²) in [5.41, 5.74) is 2.16. The quantitative estimate of drug-likeness (QED) is 0.638. The van der Waals surface area contributed by atoms with Gasteiger partial charge in [-0.3, -0.25) is 4.79 Å². The molecule has 0 bridgehead atoms. The third kappa shape index (κ3) is 3.57. The van der Waals surface area contributed by atoms with Gasteiger partial charge < -0.3 is 4.90 Å². The zero-order chi connectivity index (χ0) is 17.1. The SMILES string of the molecule is O=C(c1ccc2ccccc2c1)N1CCSC(c2ccccc2)CC1. The van der Waals surface area contributed by atoms with Crippen molar-refractivity contribution in [2.75, 3.05) is 18.8 Å². The molecule has 0 saturated carbocycles. The lowest BCUT2D eigenvalue weighted by molar-refractivity contribution is 0.0767. The number of rotatable bonds is 2. The number of hydrogen-bond acceptors (Lipinski definition) is 2. The number of thioether (sulfide) groups is 1. The van der Waals surface area contributed by atoms with Crippen LogP contribution in [-0.2, 0) is 0 Å². The Kier molecular flexibility index (Phi) is 4.75. The molecule has 3 heteroatoms. The molecule has 0 spiro atoms. The van der Waals surface area contributed by atoms with E-state index in [1.165, 1.54) is 10.9 Å². The molecule has 0 aromatic heterocycles. The highest BCUT2D eigenvalue weighted by Gasteiger charge is 2.22. The van der Waals surface area contributed by atoms with Crippen molar-refractivity contribution in [2.45, 2.75) is 11.7 Å². The van der Waals surface area contributed by atoms with Crippen molar-refractivity contribution < 1.29 is 4.79 Å². The highest BCUT2D eigenvalue weighted by Crippen LogP contribution is 2.34. The highest BCUT2D eigenvalue weighted by molar-refractivity contribution is 7.99. The summed E-state index contributed by atoms with van der Waals surface area (Å²) in [6, 6.07) is 24.8. The third-order valence-corrected chi connectivity index (χ3v) is 6.12. The molecule has 1 fully saturated rings. The molecule has 1 amide bonds. The van der Waals surface area contributed by atoms with Gasteiger partial charge in [0.25, 0.3) is 5.91 Å². The van der Waals surface area contributed by atoms with Crippen LogP contribution in [0.5, 0.6) is 0 Å². The van der Waals surface area contributed by atoms with Crippen LogP contribution in [-0.4, -0.2) is 29.6 Å². The van der Waals surface area contributed by atoms with Crippen LogP contribution < -0.4 is 0 Å². The number of nitrogens with zero attached hydrogens (tertiary/aromatic N) is 1. The molecule has 0 N–H and O–H groups in total. The van der Waals surface area contributed by atoms with E-state index in [-0.39, 0.29) is 5.91 Å². The van der Waals surface area contributed by atoms with E-state index in [4.69, 9.17) is 0 Å². The number of carbonyl (C=O) groups excluding carboxylic acids is 1. The summed E-state index contributed by atoms with van der Waals surface area (Å²) in [6.45, 7) is 1.64. The highest BCUT2D eigenvalue weighted by atomic mass is 32.2. The molecule has 2 nitrogen and oxygen atoms in total. The molecular formula is C22H21NOS. The maximum atomic E-state index is 13.0. The first-order chi connectivity index (χ1) is 12.3. The van der Waals surface area contributed by atoms with Crippen molar-refractivity contribution >= 4 is 28.4 Å². The minimum absolute atomic E-state index is 0.153. The average Bonchev–Trinajstić information content (AvgIpc) is 2.94. The first kappa shape index (κ1) is 16.2. The van der Waals surface area contributed by atoms with E-state index < -0.39 is 0 Å². The molecule has 3 aromatic rings. The Balaban J connectivity index is 1.50. The second-order valence-corrected chi connectivity index (χ2v) is 7.72. The molecule has 0 aliphatic carbocycles. The van der Waals surface area contributed by atoms with Gasteiger partial charge in [0.05, 0.1) is 0 Å². The summed E-state index contributed by atoms with van der Waals surface area (Å²) in [7, 11) is 0. The van der Waals surface area contributed by atoms with E-state index >= 15 is 0 Å². The van der Waals surface area contributed by atoms with Gasteiger partial charge in [-0.05, 0) is 34.9 Å². The van der Waals surface area contributed by atoms with E-state index in [0.717, 1.165) is 36.2 Å². The van der Waals surface area contributed by atoms with E-state index in [1.807, 2.05) is 47.0 Å². The van der Waals surface area contributed by atoms with Crippen LogP contribution in [0, 0.1) is 0 Å². The number of amides is 1. The maximum Gasteiger partial charge on any atom is 0.253 e. The van der Waals surface area contributed by atoms with Crippen LogP contribution in [0.1, 0.15) is 27.6 Å². The van der Waals surface area contributed by atoms with Crippen LogP contribution >= 0.6 is 11.8 Å². The van der Waals surface area contributed by atoms with Crippen LogP contribution in [0.4, 0.5) is 0 Å². The van der Waals surface area contributed by atoms with Crippen molar-refractivity contribution in [3.8, 4) is 0 Å². The van der Waals surface area contributed by atoms with Crippen molar-refractivity contribution in [3.63, 3.8) is 0 Å². The molecule has 1 saturated heterocycles. The summed E-state index contributed by atoms with van der Waals surface area (Å²) >= 11 is 1.96. The lowest BCUT2D eigenvalue weighted by atomic mass is 10.1. The second kappa shape index (κ2) is 7.32. The lowest BCUT2D eigenvalue weighted by Crippen LogP contribution is -2.32. The molecular weight excluding hydrogens is 326 g/mol. The Bertz CT molecular complexity index is 877. The van der Waals surface area contributed by atoms with Gasteiger partial charge in [0.2, 0.25) is 0 Å².